The molecular formula is C14H18O. The van der Waals surface area contributed by atoms with Gasteiger partial charge in [0, 0.05) is 16.9 Å². The maximum atomic E-state index is 6.13. The Hall–Kier alpha value is -0.980. The van der Waals surface area contributed by atoms with E-state index in [4.69, 9.17) is 4.74 Å². The minimum Gasteiger partial charge on any atom is -0.489 e. The summed E-state index contributed by atoms with van der Waals surface area (Å²) in [5, 5.41) is 0. The highest BCUT2D eigenvalue weighted by molar-refractivity contribution is 5.42. The standard InChI is InChI=1S/C14H18O/c1-14(2)9-5-7-11-10-6-3-4-8-12(10)15-13(11)14/h3-4,6,8,11,13H,5,7,9H2,1-2H3. The molecule has 0 amide bonds. The van der Waals surface area contributed by atoms with Crippen LogP contribution in [0.1, 0.15) is 44.6 Å². The Morgan fingerprint density at radius 3 is 2.93 bits per heavy atom. The summed E-state index contributed by atoms with van der Waals surface area (Å²) in [6, 6.07) is 8.56. The Morgan fingerprint density at radius 1 is 1.27 bits per heavy atom. The summed E-state index contributed by atoms with van der Waals surface area (Å²) in [5.41, 5.74) is 1.78. The van der Waals surface area contributed by atoms with Gasteiger partial charge in [0.1, 0.15) is 11.9 Å². The molecule has 0 saturated heterocycles. The van der Waals surface area contributed by atoms with Crippen molar-refractivity contribution in [3.8, 4) is 5.75 Å². The van der Waals surface area contributed by atoms with E-state index in [0.717, 1.165) is 5.75 Å². The Kier molecular flexibility index (Phi) is 1.86. The zero-order valence-corrected chi connectivity index (χ0v) is 9.49. The van der Waals surface area contributed by atoms with Crippen LogP contribution < -0.4 is 4.74 Å². The summed E-state index contributed by atoms with van der Waals surface area (Å²) in [5.74, 6) is 1.77. The predicted octanol–water partition coefficient (Wildman–Crippen LogP) is 3.74. The SMILES string of the molecule is CC1(C)CCCC2c3ccccc3OC21. The molecule has 15 heavy (non-hydrogen) atoms. The van der Waals surface area contributed by atoms with Crippen LogP contribution in [0.2, 0.25) is 0 Å². The van der Waals surface area contributed by atoms with Crippen LogP contribution in [0.5, 0.6) is 5.75 Å². The molecule has 2 unspecified atom stereocenters. The van der Waals surface area contributed by atoms with Crippen molar-refractivity contribution in [2.45, 2.75) is 45.1 Å². The van der Waals surface area contributed by atoms with Gasteiger partial charge in [-0.05, 0) is 18.9 Å². The fourth-order valence-electron chi connectivity index (χ4n) is 3.21. The fourth-order valence-corrected chi connectivity index (χ4v) is 3.21. The van der Waals surface area contributed by atoms with Crippen molar-refractivity contribution in [3.63, 3.8) is 0 Å². The summed E-state index contributed by atoms with van der Waals surface area (Å²) in [6.45, 7) is 4.69. The Balaban J connectivity index is 2.02. The van der Waals surface area contributed by atoms with Crippen LogP contribution in [0.25, 0.3) is 0 Å². The van der Waals surface area contributed by atoms with Crippen LogP contribution in [0, 0.1) is 5.41 Å². The molecular weight excluding hydrogens is 184 g/mol. The number of hydrogen-bond donors (Lipinski definition) is 0. The third-order valence-corrected chi connectivity index (χ3v) is 4.04. The molecule has 1 heteroatoms. The molecule has 0 radical (unpaired) electrons. The first-order valence-corrected chi connectivity index (χ1v) is 5.94. The maximum Gasteiger partial charge on any atom is 0.123 e. The molecule has 1 nitrogen and oxygen atoms in total. The van der Waals surface area contributed by atoms with Crippen molar-refractivity contribution >= 4 is 0 Å². The van der Waals surface area contributed by atoms with Gasteiger partial charge in [-0.2, -0.15) is 0 Å². The molecule has 0 N–H and O–H groups in total. The van der Waals surface area contributed by atoms with Gasteiger partial charge in [0.05, 0.1) is 0 Å². The quantitative estimate of drug-likeness (QED) is 0.622. The van der Waals surface area contributed by atoms with Crippen molar-refractivity contribution < 1.29 is 4.74 Å². The van der Waals surface area contributed by atoms with E-state index in [1.54, 1.807) is 0 Å². The number of para-hydroxylation sites is 1. The van der Waals surface area contributed by atoms with E-state index in [-0.39, 0.29) is 0 Å². The molecule has 0 spiro atoms. The summed E-state index contributed by atoms with van der Waals surface area (Å²) >= 11 is 0. The van der Waals surface area contributed by atoms with Crippen LogP contribution in [-0.2, 0) is 0 Å². The molecule has 1 saturated carbocycles. The van der Waals surface area contributed by atoms with Gasteiger partial charge in [-0.25, -0.2) is 0 Å². The second-order valence-corrected chi connectivity index (χ2v) is 5.56. The summed E-state index contributed by atoms with van der Waals surface area (Å²) in [4.78, 5) is 0. The van der Waals surface area contributed by atoms with Gasteiger partial charge in [-0.1, -0.05) is 38.5 Å². The van der Waals surface area contributed by atoms with E-state index >= 15 is 0 Å². The van der Waals surface area contributed by atoms with Crippen molar-refractivity contribution in [1.82, 2.24) is 0 Å². The van der Waals surface area contributed by atoms with Crippen molar-refractivity contribution in [1.29, 1.82) is 0 Å². The minimum absolute atomic E-state index is 0.335. The summed E-state index contributed by atoms with van der Waals surface area (Å²) in [6.07, 6.45) is 4.34. The molecule has 0 aromatic heterocycles. The van der Waals surface area contributed by atoms with Crippen LogP contribution in [0.4, 0.5) is 0 Å². The zero-order valence-electron chi connectivity index (χ0n) is 9.49. The van der Waals surface area contributed by atoms with E-state index in [9.17, 15) is 0 Å². The topological polar surface area (TPSA) is 9.23 Å². The number of rotatable bonds is 0. The lowest BCUT2D eigenvalue weighted by molar-refractivity contribution is 0.0377. The van der Waals surface area contributed by atoms with Gasteiger partial charge in [-0.3, -0.25) is 0 Å². The van der Waals surface area contributed by atoms with E-state index in [0.29, 0.717) is 17.4 Å². The number of hydrogen-bond acceptors (Lipinski definition) is 1. The first-order valence-electron chi connectivity index (χ1n) is 5.94. The van der Waals surface area contributed by atoms with Crippen molar-refractivity contribution in [2.24, 2.45) is 5.41 Å². The molecule has 2 aliphatic rings. The third kappa shape index (κ3) is 1.29. The Morgan fingerprint density at radius 2 is 2.07 bits per heavy atom. The average molecular weight is 202 g/mol. The Bertz CT molecular complexity index is 381. The molecule has 1 fully saturated rings. The first-order chi connectivity index (χ1) is 7.18. The lowest BCUT2D eigenvalue weighted by atomic mass is 9.69. The molecule has 1 heterocycles. The minimum atomic E-state index is 0.335. The zero-order chi connectivity index (χ0) is 10.5. The maximum absolute atomic E-state index is 6.13. The number of fused-ring (bicyclic) bond motifs is 3. The third-order valence-electron chi connectivity index (χ3n) is 4.04. The highest BCUT2D eigenvalue weighted by atomic mass is 16.5. The summed E-state index contributed by atoms with van der Waals surface area (Å²) in [7, 11) is 0. The largest absolute Gasteiger partial charge is 0.489 e. The number of ether oxygens (including phenoxy) is 1. The molecule has 80 valence electrons. The lowest BCUT2D eigenvalue weighted by Crippen LogP contribution is -2.39. The Labute approximate surface area is 91.5 Å². The van der Waals surface area contributed by atoms with Gasteiger partial charge >= 0.3 is 0 Å². The summed E-state index contributed by atoms with van der Waals surface area (Å²) < 4.78 is 6.13. The fraction of sp³-hybridized carbons (Fsp3) is 0.571. The van der Waals surface area contributed by atoms with E-state index < -0.39 is 0 Å². The molecule has 2 atom stereocenters. The average Bonchev–Trinajstić information content (AvgIpc) is 2.58. The second-order valence-electron chi connectivity index (χ2n) is 5.56. The lowest BCUT2D eigenvalue weighted by Gasteiger charge is -2.39. The molecule has 0 bridgehead atoms. The normalized spacial score (nSPS) is 31.6. The van der Waals surface area contributed by atoms with Gasteiger partial charge < -0.3 is 4.74 Å². The van der Waals surface area contributed by atoms with Crippen LogP contribution in [0.3, 0.4) is 0 Å². The first kappa shape index (κ1) is 9.26. The van der Waals surface area contributed by atoms with Gasteiger partial charge in [0.2, 0.25) is 0 Å². The molecule has 1 aliphatic carbocycles. The van der Waals surface area contributed by atoms with Crippen molar-refractivity contribution in [2.75, 3.05) is 0 Å². The molecule has 1 aromatic carbocycles. The van der Waals surface area contributed by atoms with E-state index in [2.05, 4.69) is 38.1 Å². The molecule has 3 rings (SSSR count). The van der Waals surface area contributed by atoms with E-state index in [1.807, 2.05) is 0 Å². The van der Waals surface area contributed by atoms with Crippen LogP contribution in [0.15, 0.2) is 24.3 Å². The smallest absolute Gasteiger partial charge is 0.123 e. The van der Waals surface area contributed by atoms with E-state index in [1.165, 1.54) is 24.8 Å². The predicted molar refractivity (Wildman–Crippen MR) is 61.2 cm³/mol. The number of benzene rings is 1. The highest BCUT2D eigenvalue weighted by Gasteiger charge is 2.45. The van der Waals surface area contributed by atoms with Gasteiger partial charge in [0.25, 0.3) is 0 Å². The highest BCUT2D eigenvalue weighted by Crippen LogP contribution is 2.51. The van der Waals surface area contributed by atoms with Gasteiger partial charge in [-0.15, -0.1) is 0 Å². The van der Waals surface area contributed by atoms with Crippen LogP contribution >= 0.6 is 0 Å². The second kappa shape index (κ2) is 3.01. The van der Waals surface area contributed by atoms with Crippen LogP contribution in [-0.4, -0.2) is 6.10 Å². The molecule has 1 aromatic rings. The van der Waals surface area contributed by atoms with Gasteiger partial charge in [0.15, 0.2) is 0 Å². The molecule has 1 aliphatic heterocycles. The van der Waals surface area contributed by atoms with Crippen molar-refractivity contribution in [3.05, 3.63) is 29.8 Å². The monoisotopic (exact) mass is 202 g/mol.